The van der Waals surface area contributed by atoms with Gasteiger partial charge in [0.25, 0.3) is 5.91 Å². The minimum Gasteiger partial charge on any atom is -0.493 e. The van der Waals surface area contributed by atoms with Gasteiger partial charge < -0.3 is 20.1 Å². The van der Waals surface area contributed by atoms with Crippen LogP contribution in [0, 0.1) is 0 Å². The van der Waals surface area contributed by atoms with Crippen LogP contribution in [0.2, 0.25) is 0 Å². The summed E-state index contributed by atoms with van der Waals surface area (Å²) < 4.78 is 10.7. The molecule has 0 aliphatic rings. The first kappa shape index (κ1) is 19.0. The number of anilines is 1. The predicted octanol–water partition coefficient (Wildman–Crippen LogP) is 3.46. The van der Waals surface area contributed by atoms with Crippen molar-refractivity contribution in [3.63, 3.8) is 0 Å². The van der Waals surface area contributed by atoms with Gasteiger partial charge in [0.2, 0.25) is 0 Å². The van der Waals surface area contributed by atoms with E-state index in [4.69, 9.17) is 9.47 Å². The third-order valence-electron chi connectivity index (χ3n) is 3.69. The molecule has 2 aromatic rings. The largest absolute Gasteiger partial charge is 0.493 e. The molecule has 0 saturated heterocycles. The molecule has 0 aliphatic heterocycles. The van der Waals surface area contributed by atoms with Crippen LogP contribution in [0.4, 0.5) is 5.69 Å². The van der Waals surface area contributed by atoms with E-state index >= 15 is 0 Å². The highest BCUT2D eigenvalue weighted by Gasteiger charge is 2.10. The Morgan fingerprint density at radius 3 is 2.72 bits per heavy atom. The maximum atomic E-state index is 12.6. The predicted molar refractivity (Wildman–Crippen MR) is 100 cm³/mol. The van der Waals surface area contributed by atoms with Crippen molar-refractivity contribution in [2.75, 3.05) is 32.2 Å². The topological polar surface area (TPSA) is 59.6 Å². The quantitative estimate of drug-likeness (QED) is 0.649. The van der Waals surface area contributed by atoms with E-state index < -0.39 is 0 Å². The fraction of sp³-hybridized carbons (Fsp3) is 0.350. The lowest BCUT2D eigenvalue weighted by atomic mass is 10.1. The van der Waals surface area contributed by atoms with Gasteiger partial charge in [0, 0.05) is 37.9 Å². The minimum atomic E-state index is -0.147. The summed E-state index contributed by atoms with van der Waals surface area (Å²) in [5, 5.41) is 6.26. The zero-order chi connectivity index (χ0) is 17.9. The molecule has 1 amide bonds. The van der Waals surface area contributed by atoms with Gasteiger partial charge >= 0.3 is 0 Å². The molecule has 0 spiro atoms. The molecule has 0 aromatic heterocycles. The van der Waals surface area contributed by atoms with Crippen LogP contribution >= 0.6 is 0 Å². The maximum Gasteiger partial charge on any atom is 0.255 e. The van der Waals surface area contributed by atoms with Gasteiger partial charge in [-0.25, -0.2) is 0 Å². The molecule has 2 N–H and O–H groups in total. The molecule has 0 aliphatic carbocycles. The Morgan fingerprint density at radius 2 is 1.92 bits per heavy atom. The van der Waals surface area contributed by atoms with Gasteiger partial charge in [-0.15, -0.1) is 0 Å². The van der Waals surface area contributed by atoms with Gasteiger partial charge in [0.15, 0.2) is 0 Å². The van der Waals surface area contributed by atoms with Crippen molar-refractivity contribution in [2.45, 2.75) is 19.9 Å². The standard InChI is InChI=1S/C20H26N2O3/c1-3-21-15-17-8-4-5-11-19(17)22-20(23)16-9-6-10-18(14-16)25-13-7-12-24-2/h4-6,8-11,14,21H,3,7,12-13,15H2,1-2H3,(H,22,23). The van der Waals surface area contributed by atoms with Gasteiger partial charge in [0.05, 0.1) is 6.61 Å². The van der Waals surface area contributed by atoms with E-state index in [0.717, 1.165) is 30.8 Å². The molecule has 0 radical (unpaired) electrons. The highest BCUT2D eigenvalue weighted by Crippen LogP contribution is 2.18. The summed E-state index contributed by atoms with van der Waals surface area (Å²) in [6.07, 6.45) is 0.810. The van der Waals surface area contributed by atoms with E-state index in [2.05, 4.69) is 17.6 Å². The van der Waals surface area contributed by atoms with Gasteiger partial charge in [-0.2, -0.15) is 0 Å². The van der Waals surface area contributed by atoms with Crippen molar-refractivity contribution >= 4 is 11.6 Å². The summed E-state index contributed by atoms with van der Waals surface area (Å²) in [5.74, 6) is 0.538. The molecule has 5 heteroatoms. The van der Waals surface area contributed by atoms with Gasteiger partial charge in [0.1, 0.15) is 5.75 Å². The molecule has 0 bridgehead atoms. The first-order valence-corrected chi connectivity index (χ1v) is 8.56. The van der Waals surface area contributed by atoms with Gasteiger partial charge in [-0.1, -0.05) is 31.2 Å². The molecular weight excluding hydrogens is 316 g/mol. The third-order valence-corrected chi connectivity index (χ3v) is 3.69. The van der Waals surface area contributed by atoms with Crippen LogP contribution in [-0.2, 0) is 11.3 Å². The second-order valence-electron chi connectivity index (χ2n) is 5.61. The van der Waals surface area contributed by atoms with Crippen LogP contribution < -0.4 is 15.4 Å². The second-order valence-corrected chi connectivity index (χ2v) is 5.61. The molecule has 25 heavy (non-hydrogen) atoms. The van der Waals surface area contributed by atoms with E-state index in [9.17, 15) is 4.79 Å². The van der Waals surface area contributed by atoms with Crippen molar-refractivity contribution in [2.24, 2.45) is 0 Å². The SMILES string of the molecule is CCNCc1ccccc1NC(=O)c1cccc(OCCCOC)c1. The zero-order valence-corrected chi connectivity index (χ0v) is 14.9. The zero-order valence-electron chi connectivity index (χ0n) is 14.9. The minimum absolute atomic E-state index is 0.147. The Bertz CT molecular complexity index is 673. The maximum absolute atomic E-state index is 12.6. The molecule has 134 valence electrons. The fourth-order valence-corrected chi connectivity index (χ4v) is 2.37. The number of amides is 1. The number of rotatable bonds is 10. The summed E-state index contributed by atoms with van der Waals surface area (Å²) in [6, 6.07) is 15.0. The summed E-state index contributed by atoms with van der Waals surface area (Å²) >= 11 is 0. The molecule has 0 unspecified atom stereocenters. The van der Waals surface area contributed by atoms with E-state index in [1.165, 1.54) is 0 Å². The summed E-state index contributed by atoms with van der Waals surface area (Å²) in [6.45, 7) is 4.87. The lowest BCUT2D eigenvalue weighted by Gasteiger charge is -2.12. The first-order chi connectivity index (χ1) is 12.2. The van der Waals surface area contributed by atoms with Crippen molar-refractivity contribution < 1.29 is 14.3 Å². The van der Waals surface area contributed by atoms with Gasteiger partial charge in [-0.3, -0.25) is 4.79 Å². The van der Waals surface area contributed by atoms with E-state index in [1.807, 2.05) is 36.4 Å². The van der Waals surface area contributed by atoms with Gasteiger partial charge in [-0.05, 0) is 36.4 Å². The highest BCUT2D eigenvalue weighted by atomic mass is 16.5. The summed E-state index contributed by atoms with van der Waals surface area (Å²) in [5.41, 5.74) is 2.45. The van der Waals surface area contributed by atoms with Crippen molar-refractivity contribution in [1.82, 2.24) is 5.32 Å². The fourth-order valence-electron chi connectivity index (χ4n) is 2.37. The number of benzene rings is 2. The first-order valence-electron chi connectivity index (χ1n) is 8.56. The molecule has 2 rings (SSSR count). The van der Waals surface area contributed by atoms with Crippen LogP contribution in [-0.4, -0.2) is 32.8 Å². The van der Waals surface area contributed by atoms with Crippen LogP contribution in [0.25, 0.3) is 0 Å². The molecular formula is C20H26N2O3. The number of hydrogen-bond donors (Lipinski definition) is 2. The molecule has 0 fully saturated rings. The van der Waals surface area contributed by atoms with E-state index in [-0.39, 0.29) is 5.91 Å². The average molecular weight is 342 g/mol. The van der Waals surface area contributed by atoms with Crippen molar-refractivity contribution in [1.29, 1.82) is 0 Å². The molecule has 0 saturated carbocycles. The normalized spacial score (nSPS) is 10.5. The molecule has 0 atom stereocenters. The number of para-hydroxylation sites is 1. The monoisotopic (exact) mass is 342 g/mol. The lowest BCUT2D eigenvalue weighted by Crippen LogP contribution is -2.17. The Kier molecular flexibility index (Phi) is 7.95. The van der Waals surface area contributed by atoms with Crippen LogP contribution in [0.3, 0.4) is 0 Å². The number of hydrogen-bond acceptors (Lipinski definition) is 4. The van der Waals surface area contributed by atoms with Crippen molar-refractivity contribution in [3.05, 3.63) is 59.7 Å². The molecule has 0 heterocycles. The van der Waals surface area contributed by atoms with Crippen LogP contribution in [0.5, 0.6) is 5.75 Å². The van der Waals surface area contributed by atoms with Crippen molar-refractivity contribution in [3.8, 4) is 5.75 Å². The number of carbonyl (C=O) groups is 1. The Labute approximate surface area is 149 Å². The van der Waals surface area contributed by atoms with E-state index in [0.29, 0.717) is 24.5 Å². The van der Waals surface area contributed by atoms with Crippen LogP contribution in [0.15, 0.2) is 48.5 Å². The van der Waals surface area contributed by atoms with Crippen LogP contribution in [0.1, 0.15) is 29.3 Å². The Balaban J connectivity index is 2.01. The number of ether oxygens (including phenoxy) is 2. The average Bonchev–Trinajstić information content (AvgIpc) is 2.65. The number of carbonyl (C=O) groups excluding carboxylic acids is 1. The molecule has 2 aromatic carbocycles. The number of nitrogens with one attached hydrogen (secondary N) is 2. The Morgan fingerprint density at radius 1 is 1.08 bits per heavy atom. The summed E-state index contributed by atoms with van der Waals surface area (Å²) in [7, 11) is 1.67. The summed E-state index contributed by atoms with van der Waals surface area (Å²) in [4.78, 5) is 12.6. The van der Waals surface area contributed by atoms with E-state index in [1.54, 1.807) is 19.2 Å². The Hall–Kier alpha value is -2.37. The lowest BCUT2D eigenvalue weighted by molar-refractivity contribution is 0.102. The smallest absolute Gasteiger partial charge is 0.255 e. The number of methoxy groups -OCH3 is 1. The second kappa shape index (κ2) is 10.5. The third kappa shape index (κ3) is 6.21. The highest BCUT2D eigenvalue weighted by molar-refractivity contribution is 6.04. The molecule has 5 nitrogen and oxygen atoms in total.